The van der Waals surface area contributed by atoms with E-state index < -0.39 is 35.6 Å². The number of hydroxylamine groups is 4. The lowest BCUT2D eigenvalue weighted by Crippen LogP contribution is -2.32. The van der Waals surface area contributed by atoms with E-state index in [1.165, 1.54) is 0 Å². The molecule has 2 rings (SSSR count). The Labute approximate surface area is 221 Å². The van der Waals surface area contributed by atoms with Crippen LogP contribution in [-0.2, 0) is 52.8 Å². The maximum absolute atomic E-state index is 11.8. The van der Waals surface area contributed by atoms with Crippen LogP contribution in [0.5, 0.6) is 0 Å². The zero-order chi connectivity index (χ0) is 27.2. The lowest BCUT2D eigenvalue weighted by molar-refractivity contribution is -0.195. The van der Waals surface area contributed by atoms with Crippen LogP contribution in [0.2, 0.25) is 0 Å². The Bertz CT molecular complexity index is 820. The van der Waals surface area contributed by atoms with Crippen LogP contribution in [0.25, 0.3) is 0 Å². The Morgan fingerprint density at radius 3 is 1.30 bits per heavy atom. The third kappa shape index (κ3) is 11.4. The van der Waals surface area contributed by atoms with E-state index in [1.807, 2.05) is 0 Å². The van der Waals surface area contributed by atoms with Crippen molar-refractivity contribution < 1.29 is 52.8 Å². The van der Waals surface area contributed by atoms with Crippen LogP contribution < -0.4 is 0 Å². The van der Waals surface area contributed by atoms with E-state index in [0.717, 1.165) is 23.5 Å². The predicted octanol–water partition coefficient (Wildman–Crippen LogP) is 1.08. The highest BCUT2D eigenvalue weighted by Gasteiger charge is 2.33. The molecule has 15 heteroatoms. The first-order valence-electron chi connectivity index (χ1n) is 11.7. The van der Waals surface area contributed by atoms with Gasteiger partial charge in [-0.05, 0) is 25.7 Å². The first kappa shape index (κ1) is 30.4. The standard InChI is InChI=1S/C22H28N2O11S2/c25-15-7-8-16(26)23(15)34-19(29)13-36-21(31)5-1-3-11-33-12-4-2-6-22(32)37-14-20(30)35-24-17(27)9-10-18(24)28/h1-14H2. The maximum Gasteiger partial charge on any atom is 0.343 e. The zero-order valence-corrected chi connectivity index (χ0v) is 21.7. The first-order valence-corrected chi connectivity index (χ1v) is 13.7. The van der Waals surface area contributed by atoms with Crippen molar-refractivity contribution in [1.29, 1.82) is 0 Å². The molecule has 0 bridgehead atoms. The number of amides is 4. The molecule has 2 saturated heterocycles. The van der Waals surface area contributed by atoms with Gasteiger partial charge in [0.05, 0.1) is 0 Å². The summed E-state index contributed by atoms with van der Waals surface area (Å²) in [6.45, 7) is 0.864. The minimum absolute atomic E-state index is 0.00414. The van der Waals surface area contributed by atoms with Gasteiger partial charge in [-0.3, -0.25) is 28.8 Å². The summed E-state index contributed by atoms with van der Waals surface area (Å²) in [4.78, 5) is 102. The van der Waals surface area contributed by atoms with E-state index in [9.17, 15) is 38.4 Å². The Morgan fingerprint density at radius 2 is 0.946 bits per heavy atom. The van der Waals surface area contributed by atoms with E-state index >= 15 is 0 Å². The van der Waals surface area contributed by atoms with Crippen molar-refractivity contribution in [3.63, 3.8) is 0 Å². The summed E-state index contributed by atoms with van der Waals surface area (Å²) in [7, 11) is 0. The number of unbranched alkanes of at least 4 members (excludes halogenated alkanes) is 2. The molecule has 4 amide bonds. The number of imide groups is 2. The molecule has 0 saturated carbocycles. The Kier molecular flexibility index (Phi) is 13.3. The number of ether oxygens (including phenoxy) is 1. The van der Waals surface area contributed by atoms with E-state index in [1.54, 1.807) is 0 Å². The quantitative estimate of drug-likeness (QED) is 0.194. The maximum atomic E-state index is 11.8. The van der Waals surface area contributed by atoms with Crippen LogP contribution in [0.1, 0.15) is 64.2 Å². The predicted molar refractivity (Wildman–Crippen MR) is 128 cm³/mol. The summed E-state index contributed by atoms with van der Waals surface area (Å²) < 4.78 is 5.46. The van der Waals surface area contributed by atoms with Crippen molar-refractivity contribution in [2.24, 2.45) is 0 Å². The highest BCUT2D eigenvalue weighted by atomic mass is 32.2. The topological polar surface area (TPSA) is 171 Å². The van der Waals surface area contributed by atoms with Crippen molar-refractivity contribution in [3.05, 3.63) is 0 Å². The van der Waals surface area contributed by atoms with Crippen molar-refractivity contribution in [2.45, 2.75) is 64.2 Å². The summed E-state index contributed by atoms with van der Waals surface area (Å²) >= 11 is 1.53. The van der Waals surface area contributed by atoms with Gasteiger partial charge in [0.25, 0.3) is 23.6 Å². The minimum atomic E-state index is -0.836. The Balaban J connectivity index is 1.39. The van der Waals surface area contributed by atoms with Crippen LogP contribution >= 0.6 is 23.5 Å². The molecule has 0 aromatic heterocycles. The molecule has 0 radical (unpaired) electrons. The summed E-state index contributed by atoms with van der Waals surface area (Å²) in [5, 5.41) is 0.462. The molecule has 0 spiro atoms. The third-order valence-electron chi connectivity index (χ3n) is 4.94. The molecular weight excluding hydrogens is 532 g/mol. The van der Waals surface area contributed by atoms with Crippen molar-refractivity contribution in [1.82, 2.24) is 10.1 Å². The van der Waals surface area contributed by atoms with E-state index in [4.69, 9.17) is 4.74 Å². The molecule has 0 aliphatic carbocycles. The highest BCUT2D eigenvalue weighted by Crippen LogP contribution is 2.16. The zero-order valence-electron chi connectivity index (χ0n) is 20.1. The van der Waals surface area contributed by atoms with Gasteiger partial charge in [0.1, 0.15) is 11.5 Å². The molecule has 37 heavy (non-hydrogen) atoms. The van der Waals surface area contributed by atoms with Crippen LogP contribution in [0.15, 0.2) is 0 Å². The van der Waals surface area contributed by atoms with Gasteiger partial charge in [-0.15, -0.1) is 10.1 Å². The second-order valence-corrected chi connectivity index (χ2v) is 10.0. The fourth-order valence-corrected chi connectivity index (χ4v) is 4.28. The fraction of sp³-hybridized carbons (Fsp3) is 0.636. The Morgan fingerprint density at radius 1 is 0.595 bits per heavy atom. The normalized spacial score (nSPS) is 15.5. The molecule has 13 nitrogen and oxygen atoms in total. The number of rotatable bonds is 16. The van der Waals surface area contributed by atoms with Gasteiger partial charge in [-0.25, -0.2) is 9.59 Å². The number of carbonyl (C=O) groups is 8. The van der Waals surface area contributed by atoms with Gasteiger partial charge in [0.2, 0.25) is 0 Å². The lowest BCUT2D eigenvalue weighted by Gasteiger charge is -2.12. The molecule has 2 aliphatic rings. The van der Waals surface area contributed by atoms with Crippen molar-refractivity contribution in [3.8, 4) is 0 Å². The van der Waals surface area contributed by atoms with E-state index in [-0.39, 0.29) is 60.3 Å². The van der Waals surface area contributed by atoms with Gasteiger partial charge < -0.3 is 14.4 Å². The molecule has 0 atom stereocenters. The number of carbonyl (C=O) groups excluding carboxylic acids is 8. The highest BCUT2D eigenvalue weighted by molar-refractivity contribution is 8.14. The molecule has 0 unspecified atom stereocenters. The van der Waals surface area contributed by atoms with Crippen molar-refractivity contribution >= 4 is 69.3 Å². The van der Waals surface area contributed by atoms with Gasteiger partial charge in [-0.2, -0.15) is 0 Å². The summed E-state index contributed by atoms with van der Waals surface area (Å²) in [5.41, 5.74) is 0. The minimum Gasteiger partial charge on any atom is -0.381 e. The van der Waals surface area contributed by atoms with E-state index in [2.05, 4.69) is 9.68 Å². The summed E-state index contributed by atoms with van der Waals surface area (Å²) in [5.74, 6) is -4.55. The van der Waals surface area contributed by atoms with Gasteiger partial charge in [-0.1, -0.05) is 23.5 Å². The first-order chi connectivity index (χ1) is 17.7. The molecule has 2 aliphatic heterocycles. The Hall–Kier alpha value is -2.78. The molecular formula is C22H28N2O11S2. The molecule has 0 aromatic rings. The second kappa shape index (κ2) is 16.1. The van der Waals surface area contributed by atoms with Gasteiger partial charge in [0, 0.05) is 51.7 Å². The lowest BCUT2D eigenvalue weighted by atomic mass is 10.2. The molecule has 0 N–H and O–H groups in total. The largest absolute Gasteiger partial charge is 0.381 e. The smallest absolute Gasteiger partial charge is 0.343 e. The molecule has 204 valence electrons. The number of thioether (sulfide) groups is 2. The van der Waals surface area contributed by atoms with Gasteiger partial charge in [0.15, 0.2) is 10.2 Å². The van der Waals surface area contributed by atoms with Crippen molar-refractivity contribution in [2.75, 3.05) is 24.7 Å². The van der Waals surface area contributed by atoms with Gasteiger partial charge >= 0.3 is 11.9 Å². The molecule has 0 aromatic carbocycles. The van der Waals surface area contributed by atoms with Crippen LogP contribution in [0.4, 0.5) is 0 Å². The SMILES string of the molecule is O=C(CSC(=O)CCCCOCCCCC(=O)SCC(=O)ON1C(=O)CCC1=O)ON1C(=O)CCC1=O. The number of hydrogen-bond acceptors (Lipinski definition) is 13. The molecule has 2 fully saturated rings. The summed E-state index contributed by atoms with van der Waals surface area (Å²) in [6.07, 6.45) is 2.86. The van der Waals surface area contributed by atoms with E-state index in [0.29, 0.717) is 49.0 Å². The number of nitrogens with zero attached hydrogens (tertiary/aromatic N) is 2. The third-order valence-corrected chi connectivity index (χ3v) is 6.75. The number of hydrogen-bond donors (Lipinski definition) is 0. The average Bonchev–Trinajstić information content (AvgIpc) is 3.35. The fourth-order valence-electron chi connectivity index (χ4n) is 3.04. The average molecular weight is 561 g/mol. The van der Waals surface area contributed by atoms with Crippen LogP contribution in [0.3, 0.4) is 0 Å². The van der Waals surface area contributed by atoms with Crippen LogP contribution in [-0.4, -0.2) is 80.6 Å². The molecule has 2 heterocycles. The monoisotopic (exact) mass is 560 g/mol. The summed E-state index contributed by atoms with van der Waals surface area (Å²) in [6, 6.07) is 0. The second-order valence-electron chi connectivity index (χ2n) is 7.94. The van der Waals surface area contributed by atoms with Crippen LogP contribution in [0, 0.1) is 0 Å².